The lowest BCUT2D eigenvalue weighted by atomic mass is 9.61. The SMILES string of the molecule is COc1cc([C@@H]2CC(=O)C[C@H](OC(C)=O)CC[C@@]34Cc5c[nH]cc5[C@H](C#CCC3=CC=C[C@H]4C)[C@@H](c3cccc(O)c3)C3=CCNC(=C3)N(CCC(=O)C3CCCC3)c3ccc4c5c(n2cc35)C[C@]2(CCC3(CCCC3)C2)[C@H]4O)cc(O)c1Oc1cccc(O)c1. The molecule has 91 heavy (non-hydrogen) atoms. The molecule has 3 saturated carbocycles. The molecule has 4 aromatic carbocycles. The molecular formula is C77H84N4O10. The molecule has 8 aliphatic rings. The van der Waals surface area contributed by atoms with Crippen molar-refractivity contribution in [3.8, 4) is 46.3 Å². The summed E-state index contributed by atoms with van der Waals surface area (Å²) in [6.07, 6.45) is 29.8. The first kappa shape index (κ1) is 60.2. The summed E-state index contributed by atoms with van der Waals surface area (Å²) in [5.41, 5.74) is 7.61. The molecule has 0 unspecified atom stereocenters. The Morgan fingerprint density at radius 1 is 0.857 bits per heavy atom. The third-order valence-electron chi connectivity index (χ3n) is 22.5. The Bertz CT molecular complexity index is 4050. The Labute approximate surface area is 533 Å². The number of allylic oxidation sites excluding steroid dienone is 6. The molecule has 3 spiro atoms. The van der Waals surface area contributed by atoms with E-state index in [-0.39, 0.29) is 88.0 Å². The predicted octanol–water partition coefficient (Wildman–Crippen LogP) is 14.8. The maximum absolute atomic E-state index is 15.8. The first-order valence-corrected chi connectivity index (χ1v) is 33.3. The molecule has 6 aromatic rings. The zero-order chi connectivity index (χ0) is 62.8. The highest BCUT2D eigenvalue weighted by Crippen LogP contribution is 2.65. The Morgan fingerprint density at radius 2 is 1.67 bits per heavy atom. The van der Waals surface area contributed by atoms with E-state index < -0.39 is 35.0 Å². The number of carbonyl (C=O) groups is 3. The van der Waals surface area contributed by atoms with E-state index in [4.69, 9.17) is 14.2 Å². The Balaban J connectivity index is 1.00. The number of aliphatic hydroxyl groups is 1. The van der Waals surface area contributed by atoms with Crippen molar-refractivity contribution in [1.29, 1.82) is 0 Å². The summed E-state index contributed by atoms with van der Waals surface area (Å²) in [6.45, 7) is 4.47. The molecule has 14 heteroatoms. The van der Waals surface area contributed by atoms with Gasteiger partial charge in [-0.15, -0.1) is 0 Å². The zero-order valence-corrected chi connectivity index (χ0v) is 52.6. The van der Waals surface area contributed by atoms with Crippen LogP contribution in [0.15, 0.2) is 139 Å². The summed E-state index contributed by atoms with van der Waals surface area (Å²) in [6, 6.07) is 20.8. The highest BCUT2D eigenvalue weighted by molar-refractivity contribution is 6.00. The number of aromatic nitrogens is 2. The average molecular weight is 1230 g/mol. The van der Waals surface area contributed by atoms with Crippen LogP contribution in [0.5, 0.6) is 34.5 Å². The van der Waals surface area contributed by atoms with Gasteiger partial charge in [-0.25, -0.2) is 0 Å². The van der Waals surface area contributed by atoms with E-state index >= 15 is 4.79 Å². The molecule has 0 saturated heterocycles. The van der Waals surface area contributed by atoms with Gasteiger partial charge in [-0.3, -0.25) is 14.4 Å². The van der Waals surface area contributed by atoms with Crippen LogP contribution < -0.4 is 19.7 Å². The molecule has 2 aliphatic heterocycles. The quantitative estimate of drug-likeness (QED) is 0.0562. The van der Waals surface area contributed by atoms with Crippen molar-refractivity contribution >= 4 is 34.0 Å². The fraction of sp³-hybridized carbons (Fsp3) is 0.442. The average Bonchev–Trinajstić information content (AvgIpc) is 1.58. The molecule has 6 aliphatic carbocycles. The first-order chi connectivity index (χ1) is 44.1. The summed E-state index contributed by atoms with van der Waals surface area (Å²) < 4.78 is 20.9. The number of carbonyl (C=O) groups excluding carboxylic acids is 3. The molecular weight excluding hydrogens is 1140 g/mol. The van der Waals surface area contributed by atoms with E-state index in [0.29, 0.717) is 57.2 Å². The number of fused-ring (bicyclic) bond motifs is 3. The number of ether oxygens (including phenoxy) is 3. The Morgan fingerprint density at radius 3 is 2.46 bits per heavy atom. The summed E-state index contributed by atoms with van der Waals surface area (Å²) in [5, 5.41) is 52.9. The van der Waals surface area contributed by atoms with Crippen molar-refractivity contribution in [2.24, 2.45) is 28.1 Å². The van der Waals surface area contributed by atoms with Crippen LogP contribution in [0.2, 0.25) is 0 Å². The number of rotatable bonds is 10. The molecule has 2 aromatic heterocycles. The zero-order valence-electron chi connectivity index (χ0n) is 52.6. The third kappa shape index (κ3) is 11.2. The van der Waals surface area contributed by atoms with E-state index in [9.17, 15) is 30.0 Å². The van der Waals surface area contributed by atoms with Crippen molar-refractivity contribution in [3.63, 3.8) is 0 Å². The molecule has 472 valence electrons. The molecule has 14 rings (SSSR count). The van der Waals surface area contributed by atoms with Gasteiger partial charge in [-0.2, -0.15) is 0 Å². The smallest absolute Gasteiger partial charge is 0.302 e. The molecule has 6 bridgehead atoms. The maximum atomic E-state index is 15.8. The summed E-state index contributed by atoms with van der Waals surface area (Å²) in [4.78, 5) is 49.5. The first-order valence-electron chi connectivity index (χ1n) is 33.3. The number of nitrogens with one attached hydrogen (secondary N) is 2. The molecule has 0 radical (unpaired) electrons. The number of aromatic amines is 1. The summed E-state index contributed by atoms with van der Waals surface area (Å²) >= 11 is 0. The number of methoxy groups -OCH3 is 1. The fourth-order valence-electron chi connectivity index (χ4n) is 18.0. The number of hydrogen-bond donors (Lipinski definition) is 6. The minimum atomic E-state index is -0.784. The monoisotopic (exact) mass is 1220 g/mol. The highest BCUT2D eigenvalue weighted by Gasteiger charge is 2.55. The summed E-state index contributed by atoms with van der Waals surface area (Å²) in [5.74, 6) is 7.71. The molecule has 4 heterocycles. The van der Waals surface area contributed by atoms with E-state index in [1.165, 1.54) is 44.6 Å². The number of phenols is 3. The van der Waals surface area contributed by atoms with Gasteiger partial charge in [0.1, 0.15) is 40.7 Å². The van der Waals surface area contributed by atoms with Crippen LogP contribution in [0, 0.1) is 39.9 Å². The number of benzene rings is 4. The minimum absolute atomic E-state index is 0.00262. The van der Waals surface area contributed by atoms with Crippen molar-refractivity contribution < 1.29 is 49.0 Å². The second-order valence-corrected chi connectivity index (χ2v) is 27.8. The minimum Gasteiger partial charge on any atom is -0.508 e. The lowest BCUT2D eigenvalue weighted by molar-refractivity contribution is -0.148. The number of Topliss-reactive ketones (excluding diaryl/α,β-unsaturated/α-hetero) is 2. The second-order valence-electron chi connectivity index (χ2n) is 27.8. The van der Waals surface area contributed by atoms with Gasteiger partial charge in [-0.1, -0.05) is 98.6 Å². The van der Waals surface area contributed by atoms with E-state index in [1.54, 1.807) is 24.3 Å². The van der Waals surface area contributed by atoms with Gasteiger partial charge in [0.05, 0.1) is 30.9 Å². The number of anilines is 1. The van der Waals surface area contributed by atoms with Gasteiger partial charge in [0.15, 0.2) is 11.5 Å². The third-order valence-corrected chi connectivity index (χ3v) is 22.5. The predicted molar refractivity (Wildman–Crippen MR) is 350 cm³/mol. The molecule has 3 fully saturated rings. The van der Waals surface area contributed by atoms with Crippen molar-refractivity contribution in [2.45, 2.75) is 166 Å². The lowest BCUT2D eigenvalue weighted by Crippen LogP contribution is -2.37. The number of aliphatic hydroxyl groups excluding tert-OH is 1. The van der Waals surface area contributed by atoms with Crippen LogP contribution in [0.25, 0.3) is 10.8 Å². The van der Waals surface area contributed by atoms with Crippen LogP contribution >= 0.6 is 0 Å². The molecule has 6 N–H and O–H groups in total. The van der Waals surface area contributed by atoms with Crippen LogP contribution in [0.1, 0.15) is 180 Å². The number of esters is 1. The van der Waals surface area contributed by atoms with Gasteiger partial charge in [0.2, 0.25) is 5.75 Å². The van der Waals surface area contributed by atoms with E-state index in [2.05, 4.69) is 106 Å². The van der Waals surface area contributed by atoms with Crippen LogP contribution in [-0.2, 0) is 32.0 Å². The number of dihydropyridines is 1. The molecule has 8 atom stereocenters. The van der Waals surface area contributed by atoms with Crippen molar-refractivity contribution in [1.82, 2.24) is 14.9 Å². The lowest BCUT2D eigenvalue weighted by Gasteiger charge is -2.43. The Hall–Kier alpha value is -8.41. The molecule has 0 amide bonds. The standard InChI is InChI=1S/C77H84N4O10/c1-47-12-8-16-54-17-10-21-60-62-44-78-43-53(62)41-77(47,54)29-24-59(90-48(2)82)39-57(85)40-65(52-35-68(87)73(69(36-52)89-3)91-58-20-11-19-56(84)38-58)81-45-63-64(23-22-61-72(63)66(81)42-76(74(61)88)31-30-75(46-76)27-6-7-28-75)80(33-26-67(86)49-13-4-5-14-49)70-37-51(25-32-79-70)71(60)50-15-9-18-55(83)34-50/h8-9,11-12,15-16,18-20,22-23,25,34-38,43-45,47,49,59-60,65,71,74,78-79,83-84,87-88H,4-7,13-14,17,24,26-33,39-42,46H2,1-3H3/t47-,59-,60+,65+,71+,74+,76+,77+/m1/s1. The van der Waals surface area contributed by atoms with Gasteiger partial charge < -0.3 is 54.4 Å². The van der Waals surface area contributed by atoms with E-state index in [0.717, 1.165) is 114 Å². The summed E-state index contributed by atoms with van der Waals surface area (Å²) in [7, 11) is 1.50. The largest absolute Gasteiger partial charge is 0.508 e. The number of ketones is 2. The topological polar surface area (TPSA) is 196 Å². The van der Waals surface area contributed by atoms with Crippen LogP contribution in [0.4, 0.5) is 5.69 Å². The maximum Gasteiger partial charge on any atom is 0.302 e. The Kier molecular flexibility index (Phi) is 16.1. The second kappa shape index (κ2) is 24.3. The number of hydrogen-bond acceptors (Lipinski definition) is 12. The van der Waals surface area contributed by atoms with Crippen molar-refractivity contribution in [3.05, 3.63) is 172 Å². The van der Waals surface area contributed by atoms with Gasteiger partial charge in [0.25, 0.3) is 0 Å². The van der Waals surface area contributed by atoms with E-state index in [1.807, 2.05) is 18.2 Å². The number of aromatic hydroxyl groups is 3. The number of H-pyrrole nitrogens is 1. The van der Waals surface area contributed by atoms with Gasteiger partial charge in [-0.05, 0) is 164 Å². The highest BCUT2D eigenvalue weighted by atomic mass is 16.5. The normalized spacial score (nSPS) is 27.0. The van der Waals surface area contributed by atoms with Crippen LogP contribution in [0.3, 0.4) is 0 Å². The van der Waals surface area contributed by atoms with Gasteiger partial charge in [0, 0.05) is 109 Å². The van der Waals surface area contributed by atoms with Gasteiger partial charge >= 0.3 is 5.97 Å². The van der Waals surface area contributed by atoms with Crippen molar-refractivity contribution in [2.75, 3.05) is 25.1 Å². The number of phenolic OH excluding ortho intramolecular Hbond substituents is 3. The number of nitrogens with zero attached hydrogens (tertiary/aromatic N) is 2. The molecule has 14 nitrogen and oxygen atoms in total. The van der Waals surface area contributed by atoms with Crippen LogP contribution in [-0.4, -0.2) is 73.8 Å². The fourth-order valence-corrected chi connectivity index (χ4v) is 18.0.